The van der Waals surface area contributed by atoms with Crippen LogP contribution in [0.4, 0.5) is 0 Å². The van der Waals surface area contributed by atoms with Gasteiger partial charge in [-0.05, 0) is 67.3 Å². The van der Waals surface area contributed by atoms with E-state index in [0.29, 0.717) is 6.04 Å². The fourth-order valence-electron chi connectivity index (χ4n) is 5.89. The summed E-state index contributed by atoms with van der Waals surface area (Å²) in [6.45, 7) is 1.67. The van der Waals surface area contributed by atoms with Gasteiger partial charge in [0.15, 0.2) is 0 Å². The van der Waals surface area contributed by atoms with E-state index in [4.69, 9.17) is 0 Å². The van der Waals surface area contributed by atoms with E-state index in [-0.39, 0.29) is 11.3 Å². The summed E-state index contributed by atoms with van der Waals surface area (Å²) in [5, 5.41) is 9.37. The van der Waals surface area contributed by atoms with Crippen LogP contribution in [0.1, 0.15) is 47.9 Å². The molecule has 0 bridgehead atoms. The Morgan fingerprint density at radius 2 is 1.74 bits per heavy atom. The van der Waals surface area contributed by atoms with Gasteiger partial charge in [-0.3, -0.25) is 9.69 Å². The summed E-state index contributed by atoms with van der Waals surface area (Å²) in [7, 11) is 0. The van der Waals surface area contributed by atoms with E-state index in [9.17, 15) is 9.90 Å². The molecule has 0 aromatic heterocycles. The van der Waals surface area contributed by atoms with Gasteiger partial charge >= 0.3 is 5.97 Å². The summed E-state index contributed by atoms with van der Waals surface area (Å²) in [4.78, 5) is 13.8. The van der Waals surface area contributed by atoms with Gasteiger partial charge in [0.2, 0.25) is 0 Å². The van der Waals surface area contributed by atoms with E-state index in [1.165, 1.54) is 35.1 Å². The van der Waals surface area contributed by atoms with Gasteiger partial charge in [-0.2, -0.15) is 0 Å². The molecule has 1 saturated heterocycles. The molecule has 3 nitrogen and oxygen atoms in total. The summed E-state index contributed by atoms with van der Waals surface area (Å²) in [6.07, 6.45) is 6.50. The number of aliphatic carboxylic acids is 1. The number of hydrogen-bond acceptors (Lipinski definition) is 2. The lowest BCUT2D eigenvalue weighted by molar-refractivity contribution is -0.141. The number of carboxylic acids is 1. The lowest BCUT2D eigenvalue weighted by Crippen LogP contribution is -2.35. The van der Waals surface area contributed by atoms with Gasteiger partial charge in [-0.25, -0.2) is 0 Å². The maximum absolute atomic E-state index is 11.4. The summed E-state index contributed by atoms with van der Waals surface area (Å²) < 4.78 is 0. The SMILES string of the molecule is O=C(O)C1CCN(C2CCC3(Cc4ccccc4Cc4ccccc43)C2)C1. The van der Waals surface area contributed by atoms with Crippen LogP contribution in [0.15, 0.2) is 48.5 Å². The standard InChI is InChI=1S/C24H27NO2/c26-23(27)20-10-12-25(16-20)21-9-11-24(15-21)14-19-7-2-1-5-17(19)13-18-6-3-4-8-22(18)24/h1-8,20-21H,9-16H2,(H,26,27). The Balaban J connectivity index is 1.48. The Bertz CT molecular complexity index is 876. The van der Waals surface area contributed by atoms with Crippen LogP contribution in [-0.2, 0) is 23.1 Å². The predicted molar refractivity (Wildman–Crippen MR) is 106 cm³/mol. The van der Waals surface area contributed by atoms with Gasteiger partial charge in [0.25, 0.3) is 0 Å². The largest absolute Gasteiger partial charge is 0.481 e. The second kappa shape index (κ2) is 6.49. The molecule has 1 aliphatic heterocycles. The highest BCUT2D eigenvalue weighted by molar-refractivity contribution is 5.70. The number of nitrogens with zero attached hydrogens (tertiary/aromatic N) is 1. The van der Waals surface area contributed by atoms with Crippen LogP contribution in [-0.4, -0.2) is 35.1 Å². The summed E-state index contributed by atoms with van der Waals surface area (Å²) >= 11 is 0. The van der Waals surface area contributed by atoms with Crippen molar-refractivity contribution in [3.05, 3.63) is 70.8 Å². The molecule has 2 aromatic carbocycles. The van der Waals surface area contributed by atoms with Crippen molar-refractivity contribution in [3.63, 3.8) is 0 Å². The maximum atomic E-state index is 11.4. The molecule has 0 radical (unpaired) electrons. The molecule has 2 aliphatic carbocycles. The molecule has 3 heteroatoms. The number of hydrogen-bond donors (Lipinski definition) is 1. The Morgan fingerprint density at radius 1 is 1.00 bits per heavy atom. The van der Waals surface area contributed by atoms with E-state index in [0.717, 1.165) is 38.8 Å². The van der Waals surface area contributed by atoms with E-state index in [1.54, 1.807) is 0 Å². The van der Waals surface area contributed by atoms with Crippen molar-refractivity contribution in [1.29, 1.82) is 0 Å². The van der Waals surface area contributed by atoms with Gasteiger partial charge in [0.1, 0.15) is 0 Å². The summed E-state index contributed by atoms with van der Waals surface area (Å²) in [5.74, 6) is -0.803. The molecule has 3 unspecified atom stereocenters. The molecule has 2 fully saturated rings. The van der Waals surface area contributed by atoms with Crippen molar-refractivity contribution in [2.45, 2.75) is 50.0 Å². The Morgan fingerprint density at radius 3 is 2.52 bits per heavy atom. The Hall–Kier alpha value is -2.13. The average molecular weight is 361 g/mol. The molecular formula is C24H27NO2. The molecule has 1 saturated carbocycles. The van der Waals surface area contributed by atoms with Gasteiger partial charge in [0, 0.05) is 18.0 Å². The van der Waals surface area contributed by atoms with Crippen molar-refractivity contribution >= 4 is 5.97 Å². The molecular weight excluding hydrogens is 334 g/mol. The van der Waals surface area contributed by atoms with E-state index < -0.39 is 5.97 Å². The monoisotopic (exact) mass is 361 g/mol. The predicted octanol–water partition coefficient (Wildman–Crippen LogP) is 4.03. The number of fused-ring (bicyclic) bond motifs is 3. The Labute approximate surface area is 161 Å². The molecule has 1 spiro atoms. The average Bonchev–Trinajstić information content (AvgIpc) is 3.29. The minimum Gasteiger partial charge on any atom is -0.481 e. The highest BCUT2D eigenvalue weighted by atomic mass is 16.4. The third kappa shape index (κ3) is 2.89. The van der Waals surface area contributed by atoms with Gasteiger partial charge in [0.05, 0.1) is 5.92 Å². The fraction of sp³-hybridized carbons (Fsp3) is 0.458. The maximum Gasteiger partial charge on any atom is 0.307 e. The molecule has 27 heavy (non-hydrogen) atoms. The smallest absolute Gasteiger partial charge is 0.307 e. The third-order valence-corrected chi connectivity index (χ3v) is 7.28. The van der Waals surface area contributed by atoms with E-state index >= 15 is 0 Å². The summed E-state index contributed by atoms with van der Waals surface area (Å²) in [6, 6.07) is 18.5. The van der Waals surface area contributed by atoms with Crippen LogP contribution in [0, 0.1) is 5.92 Å². The van der Waals surface area contributed by atoms with Crippen LogP contribution in [0.25, 0.3) is 0 Å². The number of likely N-dealkylation sites (tertiary alicyclic amines) is 1. The number of carboxylic acid groups (broad SMARTS) is 1. The second-order valence-corrected chi connectivity index (χ2v) is 8.78. The van der Waals surface area contributed by atoms with Crippen LogP contribution in [0.2, 0.25) is 0 Å². The zero-order valence-electron chi connectivity index (χ0n) is 15.7. The first-order valence-electron chi connectivity index (χ1n) is 10.3. The lowest BCUT2D eigenvalue weighted by atomic mass is 9.73. The fourth-order valence-corrected chi connectivity index (χ4v) is 5.89. The molecule has 1 heterocycles. The number of rotatable bonds is 2. The topological polar surface area (TPSA) is 40.5 Å². The van der Waals surface area contributed by atoms with Gasteiger partial charge in [-0.1, -0.05) is 48.5 Å². The molecule has 3 aliphatic rings. The highest BCUT2D eigenvalue weighted by Gasteiger charge is 2.46. The first kappa shape index (κ1) is 17.0. The van der Waals surface area contributed by atoms with E-state index in [1.807, 2.05) is 0 Å². The molecule has 2 aromatic rings. The van der Waals surface area contributed by atoms with Gasteiger partial charge < -0.3 is 5.11 Å². The Kier molecular flexibility index (Phi) is 4.08. The normalized spacial score (nSPS) is 30.1. The number of benzene rings is 2. The van der Waals surface area contributed by atoms with E-state index in [2.05, 4.69) is 53.4 Å². The zero-order valence-corrected chi connectivity index (χ0v) is 15.7. The van der Waals surface area contributed by atoms with Crippen molar-refractivity contribution in [3.8, 4) is 0 Å². The molecule has 1 N–H and O–H groups in total. The van der Waals surface area contributed by atoms with Crippen molar-refractivity contribution in [2.24, 2.45) is 5.92 Å². The van der Waals surface area contributed by atoms with Crippen LogP contribution in [0.3, 0.4) is 0 Å². The first-order chi connectivity index (χ1) is 13.1. The molecule has 0 amide bonds. The quantitative estimate of drug-likeness (QED) is 0.878. The van der Waals surface area contributed by atoms with Crippen molar-refractivity contribution in [2.75, 3.05) is 13.1 Å². The first-order valence-corrected chi connectivity index (χ1v) is 10.3. The van der Waals surface area contributed by atoms with Crippen LogP contribution in [0.5, 0.6) is 0 Å². The minimum atomic E-state index is -0.626. The third-order valence-electron chi connectivity index (χ3n) is 7.28. The lowest BCUT2D eigenvalue weighted by Gasteiger charge is -2.32. The van der Waals surface area contributed by atoms with Gasteiger partial charge in [-0.15, -0.1) is 0 Å². The zero-order chi connectivity index (χ0) is 18.4. The number of carbonyl (C=O) groups is 1. The molecule has 140 valence electrons. The molecule has 5 rings (SSSR count). The minimum absolute atomic E-state index is 0.177. The second-order valence-electron chi connectivity index (χ2n) is 8.78. The van der Waals surface area contributed by atoms with Crippen molar-refractivity contribution in [1.82, 2.24) is 4.90 Å². The van der Waals surface area contributed by atoms with Crippen molar-refractivity contribution < 1.29 is 9.90 Å². The van der Waals surface area contributed by atoms with Crippen LogP contribution >= 0.6 is 0 Å². The summed E-state index contributed by atoms with van der Waals surface area (Å²) in [5.41, 5.74) is 6.19. The highest BCUT2D eigenvalue weighted by Crippen LogP contribution is 2.49. The van der Waals surface area contributed by atoms with Crippen LogP contribution < -0.4 is 0 Å². The molecule has 3 atom stereocenters.